The first-order valence-electron chi connectivity index (χ1n) is 7.53. The zero-order valence-electron chi connectivity index (χ0n) is 13.2. The molecule has 6 nitrogen and oxygen atoms in total. The van der Waals surface area contributed by atoms with Gasteiger partial charge in [-0.15, -0.1) is 0 Å². The van der Waals surface area contributed by atoms with E-state index in [4.69, 9.17) is 10.3 Å². The first-order chi connectivity index (χ1) is 9.90. The Hall–Kier alpha value is -1.69. The Labute approximate surface area is 124 Å². The van der Waals surface area contributed by atoms with Crippen molar-refractivity contribution in [3.05, 3.63) is 28.7 Å². The molecule has 1 atom stereocenters. The van der Waals surface area contributed by atoms with Crippen molar-refractivity contribution in [2.45, 2.75) is 57.9 Å². The Kier molecular flexibility index (Phi) is 3.36. The van der Waals surface area contributed by atoms with Gasteiger partial charge in [0.15, 0.2) is 5.82 Å². The van der Waals surface area contributed by atoms with Crippen molar-refractivity contribution in [2.24, 2.45) is 12.8 Å². The number of rotatable bonds is 4. The Morgan fingerprint density at radius 2 is 2.10 bits per heavy atom. The molecule has 0 aromatic carbocycles. The summed E-state index contributed by atoms with van der Waals surface area (Å²) < 4.78 is 7.36. The van der Waals surface area contributed by atoms with Crippen molar-refractivity contribution >= 4 is 0 Å². The van der Waals surface area contributed by atoms with E-state index in [1.165, 1.54) is 11.3 Å². The molecule has 0 amide bonds. The zero-order valence-corrected chi connectivity index (χ0v) is 13.2. The second-order valence-electron chi connectivity index (χ2n) is 6.34. The van der Waals surface area contributed by atoms with Crippen LogP contribution in [0.3, 0.4) is 0 Å². The molecule has 0 bridgehead atoms. The van der Waals surface area contributed by atoms with Crippen LogP contribution in [0.25, 0.3) is 0 Å². The van der Waals surface area contributed by atoms with Crippen LogP contribution in [0.4, 0.5) is 0 Å². The van der Waals surface area contributed by atoms with Crippen LogP contribution in [-0.4, -0.2) is 19.9 Å². The maximum atomic E-state index is 6.24. The molecule has 6 heteroatoms. The molecule has 0 spiro atoms. The van der Waals surface area contributed by atoms with Gasteiger partial charge in [-0.25, -0.2) is 0 Å². The van der Waals surface area contributed by atoms with Crippen LogP contribution >= 0.6 is 0 Å². The molecule has 2 heterocycles. The van der Waals surface area contributed by atoms with E-state index in [0.29, 0.717) is 11.7 Å². The molecule has 2 N–H and O–H groups in total. The highest BCUT2D eigenvalue weighted by Crippen LogP contribution is 2.37. The number of hydrogen-bond donors (Lipinski definition) is 1. The van der Waals surface area contributed by atoms with Gasteiger partial charge < -0.3 is 10.3 Å². The van der Waals surface area contributed by atoms with Crippen LogP contribution in [-0.2, 0) is 19.0 Å². The number of aromatic nitrogens is 4. The average molecular weight is 289 g/mol. The number of nitrogens with zero attached hydrogens (tertiary/aromatic N) is 4. The molecule has 2 aromatic rings. The van der Waals surface area contributed by atoms with Gasteiger partial charge in [0.2, 0.25) is 5.89 Å². The van der Waals surface area contributed by atoms with E-state index in [-0.39, 0.29) is 11.5 Å². The molecular formula is C15H23N5O. The molecule has 1 unspecified atom stereocenters. The van der Waals surface area contributed by atoms with Crippen molar-refractivity contribution in [3.63, 3.8) is 0 Å². The summed E-state index contributed by atoms with van der Waals surface area (Å²) in [6, 6.07) is 0. The van der Waals surface area contributed by atoms with Crippen LogP contribution in [0, 0.1) is 13.8 Å². The van der Waals surface area contributed by atoms with E-state index >= 15 is 0 Å². The van der Waals surface area contributed by atoms with Gasteiger partial charge in [-0.1, -0.05) is 12.1 Å². The Morgan fingerprint density at radius 1 is 1.38 bits per heavy atom. The van der Waals surface area contributed by atoms with Gasteiger partial charge in [0, 0.05) is 18.7 Å². The van der Waals surface area contributed by atoms with Crippen LogP contribution in [0.5, 0.6) is 0 Å². The molecular weight excluding hydrogens is 266 g/mol. The van der Waals surface area contributed by atoms with Gasteiger partial charge in [-0.05, 0) is 45.1 Å². The maximum absolute atomic E-state index is 6.24. The standard InChI is InChI=1S/C15H23N5O/c1-9(8-12-10(2)18-20(4)11(12)3)13-17-14(19-21-13)15(16)6-5-7-15/h9H,5-8,16H2,1-4H3. The first kappa shape index (κ1) is 14.3. The van der Waals surface area contributed by atoms with E-state index in [2.05, 4.69) is 29.1 Å². The molecule has 2 aromatic heterocycles. The summed E-state index contributed by atoms with van der Waals surface area (Å²) in [4.78, 5) is 4.54. The average Bonchev–Trinajstić information content (AvgIpc) is 2.98. The third-order valence-electron chi connectivity index (χ3n) is 4.72. The smallest absolute Gasteiger partial charge is 0.229 e. The fourth-order valence-electron chi connectivity index (χ4n) is 2.93. The van der Waals surface area contributed by atoms with Crippen LogP contribution < -0.4 is 5.73 Å². The highest BCUT2D eigenvalue weighted by Gasteiger charge is 2.39. The molecule has 1 fully saturated rings. The largest absolute Gasteiger partial charge is 0.339 e. The van der Waals surface area contributed by atoms with Crippen molar-refractivity contribution < 1.29 is 4.52 Å². The van der Waals surface area contributed by atoms with Gasteiger partial charge >= 0.3 is 0 Å². The third-order valence-corrected chi connectivity index (χ3v) is 4.72. The molecule has 0 radical (unpaired) electrons. The van der Waals surface area contributed by atoms with E-state index in [1.807, 2.05) is 18.7 Å². The maximum Gasteiger partial charge on any atom is 0.229 e. The van der Waals surface area contributed by atoms with Gasteiger partial charge in [0.05, 0.1) is 11.2 Å². The molecule has 0 saturated heterocycles. The van der Waals surface area contributed by atoms with Crippen molar-refractivity contribution in [2.75, 3.05) is 0 Å². The minimum Gasteiger partial charge on any atom is -0.339 e. The lowest BCUT2D eigenvalue weighted by molar-refractivity contribution is 0.228. The highest BCUT2D eigenvalue weighted by molar-refractivity contribution is 5.26. The summed E-state index contributed by atoms with van der Waals surface area (Å²) in [5.74, 6) is 1.50. The van der Waals surface area contributed by atoms with Crippen molar-refractivity contribution in [3.8, 4) is 0 Å². The quantitative estimate of drug-likeness (QED) is 0.932. The predicted molar refractivity (Wildman–Crippen MR) is 78.8 cm³/mol. The van der Waals surface area contributed by atoms with Crippen molar-refractivity contribution in [1.82, 2.24) is 19.9 Å². The Morgan fingerprint density at radius 3 is 2.62 bits per heavy atom. The predicted octanol–water partition coefficient (Wildman–Crippen LogP) is 2.10. The van der Waals surface area contributed by atoms with Crippen LogP contribution in [0.2, 0.25) is 0 Å². The van der Waals surface area contributed by atoms with Gasteiger partial charge in [0.1, 0.15) is 0 Å². The summed E-state index contributed by atoms with van der Waals surface area (Å²) in [5.41, 5.74) is 9.40. The van der Waals surface area contributed by atoms with Gasteiger partial charge in [-0.2, -0.15) is 10.1 Å². The lowest BCUT2D eigenvalue weighted by Crippen LogP contribution is -2.44. The monoisotopic (exact) mass is 289 g/mol. The topological polar surface area (TPSA) is 82.8 Å². The second kappa shape index (κ2) is 4.94. The van der Waals surface area contributed by atoms with Gasteiger partial charge in [0.25, 0.3) is 0 Å². The highest BCUT2D eigenvalue weighted by atomic mass is 16.5. The summed E-state index contributed by atoms with van der Waals surface area (Å²) in [6.07, 6.45) is 3.89. The molecule has 21 heavy (non-hydrogen) atoms. The third kappa shape index (κ3) is 2.37. The lowest BCUT2D eigenvalue weighted by atomic mass is 9.77. The molecule has 114 valence electrons. The summed E-state index contributed by atoms with van der Waals surface area (Å²) in [7, 11) is 1.97. The fourth-order valence-corrected chi connectivity index (χ4v) is 2.93. The molecule has 0 aliphatic heterocycles. The van der Waals surface area contributed by atoms with E-state index in [9.17, 15) is 0 Å². The molecule has 1 saturated carbocycles. The molecule has 3 rings (SSSR count). The van der Waals surface area contributed by atoms with E-state index < -0.39 is 0 Å². The Balaban J connectivity index is 1.78. The summed E-state index contributed by atoms with van der Waals surface area (Å²) >= 11 is 0. The van der Waals surface area contributed by atoms with Gasteiger partial charge in [-0.3, -0.25) is 4.68 Å². The number of nitrogens with two attached hydrogens (primary N) is 1. The van der Waals surface area contributed by atoms with Crippen LogP contribution in [0.1, 0.15) is 60.8 Å². The normalized spacial score (nSPS) is 18.5. The Bertz CT molecular complexity index is 653. The number of hydrogen-bond acceptors (Lipinski definition) is 5. The second-order valence-corrected chi connectivity index (χ2v) is 6.34. The zero-order chi connectivity index (χ0) is 15.2. The summed E-state index contributed by atoms with van der Waals surface area (Å²) in [6.45, 7) is 6.23. The molecule has 1 aliphatic carbocycles. The summed E-state index contributed by atoms with van der Waals surface area (Å²) in [5, 5.41) is 8.54. The van der Waals surface area contributed by atoms with Crippen LogP contribution in [0.15, 0.2) is 4.52 Å². The number of aryl methyl sites for hydroxylation is 2. The molecule has 1 aliphatic rings. The van der Waals surface area contributed by atoms with E-state index in [1.54, 1.807) is 0 Å². The van der Waals surface area contributed by atoms with E-state index in [0.717, 1.165) is 31.4 Å². The lowest BCUT2D eigenvalue weighted by Gasteiger charge is -2.34. The minimum atomic E-state index is -0.360. The first-order valence-corrected chi connectivity index (χ1v) is 7.53. The minimum absolute atomic E-state index is 0.163. The SMILES string of the molecule is Cc1nn(C)c(C)c1CC(C)c1nc(C2(N)CCC2)no1. The van der Waals surface area contributed by atoms with Crippen molar-refractivity contribution in [1.29, 1.82) is 0 Å². The fraction of sp³-hybridized carbons (Fsp3) is 0.667.